The highest BCUT2D eigenvalue weighted by atomic mass is 79.9. The summed E-state index contributed by atoms with van der Waals surface area (Å²) in [5.74, 6) is 1.52. The van der Waals surface area contributed by atoms with Gasteiger partial charge in [0, 0.05) is 22.9 Å². The molecule has 6 nitrogen and oxygen atoms in total. The van der Waals surface area contributed by atoms with Gasteiger partial charge in [0.1, 0.15) is 5.75 Å². The fourth-order valence-electron chi connectivity index (χ4n) is 3.06. The van der Waals surface area contributed by atoms with Crippen LogP contribution in [0.4, 0.5) is 11.4 Å². The van der Waals surface area contributed by atoms with Crippen molar-refractivity contribution in [3.63, 3.8) is 0 Å². The molecule has 0 aliphatic heterocycles. The van der Waals surface area contributed by atoms with Gasteiger partial charge in [0.2, 0.25) is 0 Å². The van der Waals surface area contributed by atoms with Crippen molar-refractivity contribution in [1.82, 2.24) is 0 Å². The predicted octanol–water partition coefficient (Wildman–Crippen LogP) is 6.45. The summed E-state index contributed by atoms with van der Waals surface area (Å²) in [6, 6.07) is 16.9. The molecule has 3 aromatic carbocycles. The fraction of sp³-hybridized carbons (Fsp3) is 0.240. The zero-order chi connectivity index (χ0) is 23.8. The lowest BCUT2D eigenvalue weighted by Crippen LogP contribution is -2.20. The fourth-order valence-corrected chi connectivity index (χ4v) is 3.85. The third-order valence-corrected chi connectivity index (χ3v) is 5.75. The lowest BCUT2D eigenvalue weighted by molar-refractivity contribution is -0.118. The number of ether oxygens (including phenoxy) is 3. The minimum Gasteiger partial charge on any atom is -0.494 e. The largest absolute Gasteiger partial charge is 0.494 e. The number of halogens is 2. The number of anilines is 2. The minimum absolute atomic E-state index is 0.176. The molecule has 0 atom stereocenters. The van der Waals surface area contributed by atoms with Gasteiger partial charge >= 0.3 is 0 Å². The molecule has 0 heterocycles. The Kier molecular flexibility index (Phi) is 8.86. The van der Waals surface area contributed by atoms with Crippen molar-refractivity contribution in [2.45, 2.75) is 20.4 Å². The number of benzene rings is 3. The number of aryl methyl sites for hydroxylation is 1. The maximum atomic E-state index is 12.3. The van der Waals surface area contributed by atoms with Gasteiger partial charge in [0.15, 0.2) is 18.1 Å². The lowest BCUT2D eigenvalue weighted by Gasteiger charge is -2.15. The molecule has 0 aliphatic rings. The molecule has 0 saturated carbocycles. The van der Waals surface area contributed by atoms with Gasteiger partial charge in [-0.3, -0.25) is 4.79 Å². The molecule has 1 amide bonds. The second kappa shape index (κ2) is 11.8. The molecule has 174 valence electrons. The van der Waals surface area contributed by atoms with Crippen LogP contribution in [0, 0.1) is 6.92 Å². The van der Waals surface area contributed by atoms with Crippen LogP contribution in [0.25, 0.3) is 0 Å². The number of hydrogen-bond acceptors (Lipinski definition) is 5. The van der Waals surface area contributed by atoms with E-state index in [9.17, 15) is 4.79 Å². The molecular weight excluding hydrogens is 508 g/mol. The number of nitrogens with one attached hydrogen (secondary N) is 2. The molecule has 33 heavy (non-hydrogen) atoms. The minimum atomic E-state index is -0.301. The number of carbonyl (C=O) groups is 1. The van der Waals surface area contributed by atoms with Crippen LogP contribution in [0.5, 0.6) is 17.2 Å². The molecule has 0 saturated heterocycles. The van der Waals surface area contributed by atoms with E-state index in [1.54, 1.807) is 19.2 Å². The average molecular weight is 534 g/mol. The van der Waals surface area contributed by atoms with Crippen molar-refractivity contribution in [2.75, 3.05) is 31.0 Å². The number of hydrogen-bond donors (Lipinski definition) is 2. The Morgan fingerprint density at radius 2 is 1.76 bits per heavy atom. The van der Waals surface area contributed by atoms with E-state index in [0.29, 0.717) is 39.8 Å². The first-order valence-corrected chi connectivity index (χ1v) is 11.6. The van der Waals surface area contributed by atoms with Crippen molar-refractivity contribution < 1.29 is 19.0 Å². The van der Waals surface area contributed by atoms with Gasteiger partial charge in [0.05, 0.1) is 18.2 Å². The molecule has 0 radical (unpaired) electrons. The van der Waals surface area contributed by atoms with Crippen LogP contribution in [0.2, 0.25) is 5.02 Å². The predicted molar refractivity (Wildman–Crippen MR) is 136 cm³/mol. The normalized spacial score (nSPS) is 10.5. The van der Waals surface area contributed by atoms with Crippen molar-refractivity contribution >= 4 is 44.8 Å². The molecule has 8 heteroatoms. The van der Waals surface area contributed by atoms with Crippen molar-refractivity contribution in [3.8, 4) is 17.2 Å². The zero-order valence-electron chi connectivity index (χ0n) is 18.7. The van der Waals surface area contributed by atoms with Crippen LogP contribution in [0.15, 0.2) is 59.1 Å². The molecule has 3 aromatic rings. The second-order valence-corrected chi connectivity index (χ2v) is 8.48. The van der Waals surface area contributed by atoms with Gasteiger partial charge in [-0.15, -0.1) is 0 Å². The Morgan fingerprint density at radius 3 is 2.42 bits per heavy atom. The van der Waals surface area contributed by atoms with Crippen LogP contribution in [-0.2, 0) is 11.3 Å². The molecule has 0 aliphatic carbocycles. The highest BCUT2D eigenvalue weighted by molar-refractivity contribution is 9.10. The molecule has 0 unspecified atom stereocenters. The van der Waals surface area contributed by atoms with Gasteiger partial charge in [-0.05, 0) is 89.4 Å². The summed E-state index contributed by atoms with van der Waals surface area (Å²) in [5, 5.41) is 6.73. The van der Waals surface area contributed by atoms with Crippen LogP contribution in [0.1, 0.15) is 18.1 Å². The van der Waals surface area contributed by atoms with Gasteiger partial charge in [-0.25, -0.2) is 0 Å². The van der Waals surface area contributed by atoms with Crippen LogP contribution in [0.3, 0.4) is 0 Å². The van der Waals surface area contributed by atoms with E-state index < -0.39 is 0 Å². The summed E-state index contributed by atoms with van der Waals surface area (Å²) in [6.07, 6.45) is 0. The molecule has 3 rings (SSSR count). The molecule has 0 bridgehead atoms. The van der Waals surface area contributed by atoms with E-state index >= 15 is 0 Å². The standard InChI is InChI=1S/C25H26BrClN2O4/c1-4-32-20-9-7-18(8-10-20)28-14-17-11-21(26)25(23(12-17)31-3)33-15-24(30)29-19-6-5-16(2)22(27)13-19/h5-13,28H,4,14-15H2,1-3H3,(H,29,30). The Labute approximate surface area is 207 Å². The van der Waals surface area contributed by atoms with E-state index in [2.05, 4.69) is 26.6 Å². The molecular formula is C25H26BrClN2O4. The molecule has 2 N–H and O–H groups in total. The molecule has 0 aromatic heterocycles. The number of methoxy groups -OCH3 is 1. The summed E-state index contributed by atoms with van der Waals surface area (Å²) >= 11 is 9.64. The first-order valence-electron chi connectivity index (χ1n) is 10.4. The van der Waals surface area contributed by atoms with E-state index in [1.165, 1.54) is 0 Å². The van der Waals surface area contributed by atoms with Crippen LogP contribution in [-0.4, -0.2) is 26.2 Å². The van der Waals surface area contributed by atoms with Crippen molar-refractivity contribution in [2.24, 2.45) is 0 Å². The van der Waals surface area contributed by atoms with E-state index in [4.69, 9.17) is 25.8 Å². The van der Waals surface area contributed by atoms with Gasteiger partial charge in [0.25, 0.3) is 5.91 Å². The molecule has 0 spiro atoms. The molecule has 0 fully saturated rings. The monoisotopic (exact) mass is 532 g/mol. The summed E-state index contributed by atoms with van der Waals surface area (Å²) < 4.78 is 17.4. The van der Waals surface area contributed by atoms with E-state index in [-0.39, 0.29) is 12.5 Å². The average Bonchev–Trinajstić information content (AvgIpc) is 2.80. The number of amides is 1. The summed E-state index contributed by atoms with van der Waals surface area (Å²) in [7, 11) is 1.56. The Bertz CT molecular complexity index is 1110. The summed E-state index contributed by atoms with van der Waals surface area (Å²) in [4.78, 5) is 12.3. The Hall–Kier alpha value is -2.90. The van der Waals surface area contributed by atoms with Crippen molar-refractivity contribution in [1.29, 1.82) is 0 Å². The van der Waals surface area contributed by atoms with E-state index in [0.717, 1.165) is 22.6 Å². The quantitative estimate of drug-likeness (QED) is 0.313. The third-order valence-electron chi connectivity index (χ3n) is 4.75. The SMILES string of the molecule is CCOc1ccc(NCc2cc(Br)c(OCC(=O)Nc3ccc(C)c(Cl)c3)c(OC)c2)cc1. The van der Waals surface area contributed by atoms with Crippen LogP contribution < -0.4 is 24.8 Å². The topological polar surface area (TPSA) is 68.8 Å². The highest BCUT2D eigenvalue weighted by Gasteiger charge is 2.14. The zero-order valence-corrected chi connectivity index (χ0v) is 21.0. The summed E-state index contributed by atoms with van der Waals surface area (Å²) in [6.45, 7) is 4.90. The van der Waals surface area contributed by atoms with Gasteiger partial charge < -0.3 is 24.8 Å². The Morgan fingerprint density at radius 1 is 1.03 bits per heavy atom. The maximum Gasteiger partial charge on any atom is 0.262 e. The van der Waals surface area contributed by atoms with E-state index in [1.807, 2.05) is 56.3 Å². The smallest absolute Gasteiger partial charge is 0.262 e. The van der Waals surface area contributed by atoms with Gasteiger partial charge in [-0.2, -0.15) is 0 Å². The lowest BCUT2D eigenvalue weighted by atomic mass is 10.2. The highest BCUT2D eigenvalue weighted by Crippen LogP contribution is 2.37. The van der Waals surface area contributed by atoms with Gasteiger partial charge in [-0.1, -0.05) is 17.7 Å². The van der Waals surface area contributed by atoms with Crippen molar-refractivity contribution in [3.05, 3.63) is 75.2 Å². The van der Waals surface area contributed by atoms with Crippen LogP contribution >= 0.6 is 27.5 Å². The first kappa shape index (κ1) is 24.7. The third kappa shape index (κ3) is 7.04. The number of rotatable bonds is 10. The first-order chi connectivity index (χ1) is 15.9. The Balaban J connectivity index is 1.61. The summed E-state index contributed by atoms with van der Waals surface area (Å²) in [5.41, 5.74) is 3.51. The maximum absolute atomic E-state index is 12.3. The number of carbonyl (C=O) groups excluding carboxylic acids is 1. The second-order valence-electron chi connectivity index (χ2n) is 7.22.